The minimum atomic E-state index is -4.11. The molecule has 116 valence electrons. The fourth-order valence-corrected chi connectivity index (χ4v) is 3.07. The quantitative estimate of drug-likeness (QED) is 0.598. The lowest BCUT2D eigenvalue weighted by Gasteiger charge is -2.14. The molecule has 0 spiro atoms. The van der Waals surface area contributed by atoms with Crippen LogP contribution in [0.25, 0.3) is 0 Å². The van der Waals surface area contributed by atoms with Crippen LogP contribution in [0.15, 0.2) is 23.1 Å². The summed E-state index contributed by atoms with van der Waals surface area (Å²) in [7, 11) is -2.86. The number of sulfonamides is 1. The van der Waals surface area contributed by atoms with Gasteiger partial charge in [0.25, 0.3) is 5.69 Å². The molecule has 0 aliphatic carbocycles. The molecule has 0 fully saturated rings. The lowest BCUT2D eigenvalue weighted by atomic mass is 10.2. The van der Waals surface area contributed by atoms with Crippen LogP contribution in [0.1, 0.15) is 20.3 Å². The molecule has 1 aromatic carbocycles. The zero-order valence-electron chi connectivity index (χ0n) is 11.8. The predicted octanol–water partition coefficient (Wildman–Crippen LogP) is 1.25. The van der Waals surface area contributed by atoms with E-state index in [4.69, 9.17) is 4.74 Å². The van der Waals surface area contributed by atoms with Crippen LogP contribution in [-0.4, -0.2) is 32.3 Å². The molecule has 8 nitrogen and oxygen atoms in total. The Labute approximate surface area is 122 Å². The highest BCUT2D eigenvalue weighted by Crippen LogP contribution is 2.28. The van der Waals surface area contributed by atoms with Crippen LogP contribution in [0.5, 0.6) is 5.75 Å². The van der Waals surface area contributed by atoms with E-state index < -0.39 is 21.0 Å². The van der Waals surface area contributed by atoms with E-state index in [2.05, 4.69) is 4.72 Å². The molecule has 0 saturated heterocycles. The second kappa shape index (κ2) is 6.64. The maximum atomic E-state index is 12.3. The number of ketones is 1. The minimum Gasteiger partial charge on any atom is -0.495 e. The molecule has 0 radical (unpaired) electrons. The lowest BCUT2D eigenvalue weighted by molar-refractivity contribution is -0.385. The fourth-order valence-electron chi connectivity index (χ4n) is 1.66. The van der Waals surface area contributed by atoms with Gasteiger partial charge in [-0.3, -0.25) is 14.9 Å². The lowest BCUT2D eigenvalue weighted by Crippen LogP contribution is -2.38. The van der Waals surface area contributed by atoms with Crippen molar-refractivity contribution in [1.82, 2.24) is 4.72 Å². The first-order valence-corrected chi connectivity index (χ1v) is 7.58. The summed E-state index contributed by atoms with van der Waals surface area (Å²) in [5.41, 5.74) is -0.384. The van der Waals surface area contributed by atoms with Gasteiger partial charge in [-0.05, 0) is 13.0 Å². The zero-order chi connectivity index (χ0) is 16.2. The van der Waals surface area contributed by atoms with Crippen molar-refractivity contribution in [2.75, 3.05) is 7.11 Å². The number of non-ortho nitro benzene ring substituents is 1. The molecule has 0 aliphatic heterocycles. The van der Waals surface area contributed by atoms with Gasteiger partial charge in [-0.25, -0.2) is 13.1 Å². The maximum absolute atomic E-state index is 12.3. The third-order valence-electron chi connectivity index (χ3n) is 2.81. The Balaban J connectivity index is 3.26. The normalized spacial score (nSPS) is 12.7. The van der Waals surface area contributed by atoms with Gasteiger partial charge in [0.05, 0.1) is 18.1 Å². The smallest absolute Gasteiger partial charge is 0.271 e. The predicted molar refractivity (Wildman–Crippen MR) is 74.7 cm³/mol. The molecule has 1 atom stereocenters. The number of carbonyl (C=O) groups excluding carboxylic acids is 1. The second-order valence-electron chi connectivity index (χ2n) is 4.26. The van der Waals surface area contributed by atoms with Crippen LogP contribution in [-0.2, 0) is 14.8 Å². The average molecular weight is 316 g/mol. The number of hydrogen-bond donors (Lipinski definition) is 1. The summed E-state index contributed by atoms with van der Waals surface area (Å²) >= 11 is 0. The van der Waals surface area contributed by atoms with Gasteiger partial charge in [-0.15, -0.1) is 0 Å². The van der Waals surface area contributed by atoms with Gasteiger partial charge in [-0.1, -0.05) is 6.92 Å². The molecule has 0 aromatic heterocycles. The van der Waals surface area contributed by atoms with Crippen LogP contribution in [0, 0.1) is 10.1 Å². The van der Waals surface area contributed by atoms with Gasteiger partial charge in [0.15, 0.2) is 0 Å². The number of hydrogen-bond acceptors (Lipinski definition) is 6. The number of nitrogens with zero attached hydrogens (tertiary/aromatic N) is 1. The topological polar surface area (TPSA) is 116 Å². The van der Waals surface area contributed by atoms with E-state index in [1.807, 2.05) is 0 Å². The molecular weight excluding hydrogens is 300 g/mol. The van der Waals surface area contributed by atoms with E-state index in [1.165, 1.54) is 20.1 Å². The second-order valence-corrected chi connectivity index (χ2v) is 5.94. The van der Waals surface area contributed by atoms with Gasteiger partial charge in [0.2, 0.25) is 10.0 Å². The first-order valence-electron chi connectivity index (χ1n) is 6.10. The molecule has 0 bridgehead atoms. The van der Waals surface area contributed by atoms with E-state index in [0.29, 0.717) is 0 Å². The van der Waals surface area contributed by atoms with Crippen molar-refractivity contribution in [1.29, 1.82) is 0 Å². The first-order chi connectivity index (χ1) is 9.72. The molecule has 1 N–H and O–H groups in total. The molecule has 9 heteroatoms. The van der Waals surface area contributed by atoms with Crippen molar-refractivity contribution in [3.8, 4) is 5.75 Å². The van der Waals surface area contributed by atoms with E-state index >= 15 is 0 Å². The highest BCUT2D eigenvalue weighted by Gasteiger charge is 2.26. The highest BCUT2D eigenvalue weighted by molar-refractivity contribution is 7.89. The maximum Gasteiger partial charge on any atom is 0.271 e. The van der Waals surface area contributed by atoms with E-state index in [0.717, 1.165) is 12.1 Å². The van der Waals surface area contributed by atoms with Gasteiger partial charge in [0, 0.05) is 18.6 Å². The Hall–Kier alpha value is -2.00. The van der Waals surface area contributed by atoms with Crippen molar-refractivity contribution >= 4 is 21.5 Å². The van der Waals surface area contributed by atoms with Crippen molar-refractivity contribution in [2.24, 2.45) is 0 Å². The number of Topliss-reactive ketones (excluding diaryl/α,β-unsaturated/α-hetero) is 1. The van der Waals surface area contributed by atoms with Gasteiger partial charge < -0.3 is 4.74 Å². The minimum absolute atomic E-state index is 0.0377. The summed E-state index contributed by atoms with van der Waals surface area (Å²) in [6, 6.07) is 2.30. The summed E-state index contributed by atoms with van der Waals surface area (Å²) in [5.74, 6) is -0.327. The van der Waals surface area contributed by atoms with E-state index in [9.17, 15) is 23.3 Å². The monoisotopic (exact) mass is 316 g/mol. The molecule has 0 heterocycles. The zero-order valence-corrected chi connectivity index (χ0v) is 12.6. The summed E-state index contributed by atoms with van der Waals surface area (Å²) in [5, 5.41) is 10.8. The van der Waals surface area contributed by atoms with Crippen LogP contribution in [0.3, 0.4) is 0 Å². The first kappa shape index (κ1) is 17.1. The Morgan fingerprint density at radius 1 is 1.48 bits per heavy atom. The molecule has 0 amide bonds. The molecule has 0 saturated carbocycles. The highest BCUT2D eigenvalue weighted by atomic mass is 32.2. The standard InChI is InChI=1S/C12H16N2O6S/c1-4-10(15)8(2)13-21(18,19)12-7-9(14(16)17)5-6-11(12)20-3/h5-8,13H,4H2,1-3H3. The largest absolute Gasteiger partial charge is 0.495 e. The fraction of sp³-hybridized carbons (Fsp3) is 0.417. The number of rotatable bonds is 7. The third kappa shape index (κ3) is 3.99. The van der Waals surface area contributed by atoms with Crippen molar-refractivity contribution in [2.45, 2.75) is 31.2 Å². The Morgan fingerprint density at radius 2 is 2.10 bits per heavy atom. The SMILES string of the molecule is CCC(=O)C(C)NS(=O)(=O)c1cc([N+](=O)[O-])ccc1OC. The number of ether oxygens (including phenoxy) is 1. The average Bonchev–Trinajstić information content (AvgIpc) is 2.44. The van der Waals surface area contributed by atoms with Crippen molar-refractivity contribution in [3.63, 3.8) is 0 Å². The van der Waals surface area contributed by atoms with E-state index in [1.54, 1.807) is 6.92 Å². The number of nitro groups is 1. The van der Waals surface area contributed by atoms with Crippen LogP contribution in [0.4, 0.5) is 5.69 Å². The van der Waals surface area contributed by atoms with Crippen molar-refractivity contribution in [3.05, 3.63) is 28.3 Å². The Bertz CT molecular complexity index is 656. The summed E-state index contributed by atoms with van der Waals surface area (Å²) < 4.78 is 31.6. The number of carbonyl (C=O) groups is 1. The molecule has 1 unspecified atom stereocenters. The van der Waals surface area contributed by atoms with Gasteiger partial charge >= 0.3 is 0 Å². The Kier molecular flexibility index (Phi) is 5.39. The molecule has 0 aliphatic rings. The summed E-state index contributed by atoms with van der Waals surface area (Å²) in [6.07, 6.45) is 0.176. The molecule has 1 aromatic rings. The molecule has 1 rings (SSSR count). The van der Waals surface area contributed by atoms with Crippen molar-refractivity contribution < 1.29 is 22.9 Å². The third-order valence-corrected chi connectivity index (χ3v) is 4.37. The van der Waals surface area contributed by atoms with Crippen LogP contribution >= 0.6 is 0 Å². The number of benzene rings is 1. The number of nitro benzene ring substituents is 1. The molecular formula is C12H16N2O6S. The van der Waals surface area contributed by atoms with Crippen LogP contribution in [0.2, 0.25) is 0 Å². The number of nitrogens with one attached hydrogen (secondary N) is 1. The van der Waals surface area contributed by atoms with Crippen LogP contribution < -0.4 is 9.46 Å². The van der Waals surface area contributed by atoms with Gasteiger partial charge in [-0.2, -0.15) is 0 Å². The van der Waals surface area contributed by atoms with E-state index in [-0.39, 0.29) is 28.5 Å². The Morgan fingerprint density at radius 3 is 2.57 bits per heavy atom. The van der Waals surface area contributed by atoms with Gasteiger partial charge in [0.1, 0.15) is 16.4 Å². The number of methoxy groups -OCH3 is 1. The summed E-state index contributed by atoms with van der Waals surface area (Å²) in [4.78, 5) is 21.1. The summed E-state index contributed by atoms with van der Waals surface area (Å²) in [6.45, 7) is 3.02. The molecule has 21 heavy (non-hydrogen) atoms.